The van der Waals surface area contributed by atoms with Crippen LogP contribution in [-0.4, -0.2) is 34.5 Å². The molecule has 1 aliphatic rings. The second kappa shape index (κ2) is 6.61. The number of aromatic nitrogens is 2. The Morgan fingerprint density at radius 2 is 2.08 bits per heavy atom. The van der Waals surface area contributed by atoms with Crippen molar-refractivity contribution in [3.63, 3.8) is 0 Å². The smallest absolute Gasteiger partial charge is 0.209 e. The Hall–Kier alpha value is -2.40. The van der Waals surface area contributed by atoms with Gasteiger partial charge >= 0.3 is 0 Å². The van der Waals surface area contributed by atoms with Crippen LogP contribution in [0.3, 0.4) is 0 Å². The lowest BCUT2D eigenvalue weighted by Gasteiger charge is -2.14. The van der Waals surface area contributed by atoms with E-state index in [-0.39, 0.29) is 0 Å². The highest BCUT2D eigenvalue weighted by atomic mass is 16.3. The molecule has 0 saturated carbocycles. The van der Waals surface area contributed by atoms with Crippen LogP contribution in [0.1, 0.15) is 18.0 Å². The van der Waals surface area contributed by atoms with Crippen LogP contribution in [-0.2, 0) is 6.54 Å². The lowest BCUT2D eigenvalue weighted by molar-refractivity contribution is 0.286. The molecule has 1 fully saturated rings. The Balaban J connectivity index is 1.31. The van der Waals surface area contributed by atoms with E-state index in [4.69, 9.17) is 4.42 Å². The van der Waals surface area contributed by atoms with E-state index in [0.717, 1.165) is 54.7 Å². The molecule has 2 aromatic heterocycles. The van der Waals surface area contributed by atoms with Crippen LogP contribution in [0.2, 0.25) is 0 Å². The normalized spacial score (nSPS) is 18.3. The van der Waals surface area contributed by atoms with Crippen molar-refractivity contribution < 1.29 is 4.42 Å². The summed E-state index contributed by atoms with van der Waals surface area (Å²) < 4.78 is 5.83. The first kappa shape index (κ1) is 15.1. The number of hydrogen-bond donors (Lipinski definition) is 1. The summed E-state index contributed by atoms with van der Waals surface area (Å²) in [5, 5.41) is 3.46. The van der Waals surface area contributed by atoms with Gasteiger partial charge in [-0.1, -0.05) is 18.2 Å². The van der Waals surface area contributed by atoms with Gasteiger partial charge in [0.1, 0.15) is 11.3 Å². The maximum Gasteiger partial charge on any atom is 0.209 e. The maximum absolute atomic E-state index is 5.83. The summed E-state index contributed by atoms with van der Waals surface area (Å²) >= 11 is 0. The fourth-order valence-electron chi connectivity index (χ4n) is 3.29. The molecular formula is C19H22N4O. The van der Waals surface area contributed by atoms with Gasteiger partial charge in [0, 0.05) is 18.8 Å². The van der Waals surface area contributed by atoms with E-state index in [1.165, 1.54) is 6.42 Å². The average Bonchev–Trinajstić information content (AvgIpc) is 3.19. The van der Waals surface area contributed by atoms with Crippen molar-refractivity contribution in [2.45, 2.75) is 19.9 Å². The zero-order valence-electron chi connectivity index (χ0n) is 13.9. The van der Waals surface area contributed by atoms with Gasteiger partial charge in [0.05, 0.1) is 6.54 Å². The molecule has 124 valence electrons. The van der Waals surface area contributed by atoms with E-state index in [2.05, 4.69) is 20.2 Å². The molecule has 1 atom stereocenters. The molecule has 3 aromatic rings. The summed E-state index contributed by atoms with van der Waals surface area (Å²) in [6.07, 6.45) is 1.19. The molecule has 1 saturated heterocycles. The molecule has 24 heavy (non-hydrogen) atoms. The van der Waals surface area contributed by atoms with E-state index in [0.29, 0.717) is 5.92 Å². The molecule has 1 unspecified atom stereocenters. The lowest BCUT2D eigenvalue weighted by Crippen LogP contribution is -2.23. The number of oxazole rings is 1. The van der Waals surface area contributed by atoms with Crippen molar-refractivity contribution in [1.29, 1.82) is 0 Å². The first-order valence-electron chi connectivity index (χ1n) is 8.50. The molecule has 3 heterocycles. The van der Waals surface area contributed by atoms with Gasteiger partial charge in [-0.15, -0.1) is 0 Å². The van der Waals surface area contributed by atoms with Gasteiger partial charge in [0.2, 0.25) is 5.89 Å². The summed E-state index contributed by atoms with van der Waals surface area (Å²) in [6.45, 7) is 5.92. The number of pyridine rings is 1. The van der Waals surface area contributed by atoms with E-state index in [1.807, 2.05) is 49.4 Å². The zero-order chi connectivity index (χ0) is 16.4. The highest BCUT2D eigenvalue weighted by Crippen LogP contribution is 2.21. The number of hydrogen-bond acceptors (Lipinski definition) is 5. The summed E-state index contributed by atoms with van der Waals surface area (Å²) in [7, 11) is 0. The van der Waals surface area contributed by atoms with Gasteiger partial charge < -0.3 is 9.73 Å². The summed E-state index contributed by atoms with van der Waals surface area (Å²) in [6, 6.07) is 14.0. The highest BCUT2D eigenvalue weighted by Gasteiger charge is 2.23. The predicted octanol–water partition coefficient (Wildman–Crippen LogP) is 3.47. The minimum atomic E-state index is 0.636. The van der Waals surface area contributed by atoms with Crippen molar-refractivity contribution in [2.75, 3.05) is 25.0 Å². The van der Waals surface area contributed by atoms with Crippen molar-refractivity contribution in [3.05, 3.63) is 54.0 Å². The summed E-state index contributed by atoms with van der Waals surface area (Å²) in [4.78, 5) is 11.5. The standard InChI is InChI=1S/C19H22N4O/c1-14-5-4-8-18(21-14)20-11-15-9-10-23(12-15)13-19-22-16-6-2-3-7-17(16)24-19/h2-8,15H,9-13H2,1H3,(H,20,21). The molecule has 4 rings (SSSR count). The maximum atomic E-state index is 5.83. The lowest BCUT2D eigenvalue weighted by atomic mass is 10.1. The Labute approximate surface area is 141 Å². The molecule has 1 N–H and O–H groups in total. The second-order valence-corrected chi connectivity index (χ2v) is 6.51. The number of benzene rings is 1. The van der Waals surface area contributed by atoms with Crippen LogP contribution in [0.5, 0.6) is 0 Å². The third-order valence-electron chi connectivity index (χ3n) is 4.53. The number of nitrogens with zero attached hydrogens (tertiary/aromatic N) is 3. The molecule has 0 amide bonds. The summed E-state index contributed by atoms with van der Waals surface area (Å²) in [5.41, 5.74) is 2.86. The number of likely N-dealkylation sites (tertiary alicyclic amines) is 1. The topological polar surface area (TPSA) is 54.2 Å². The molecule has 0 spiro atoms. The number of para-hydroxylation sites is 2. The van der Waals surface area contributed by atoms with E-state index < -0.39 is 0 Å². The Bertz CT molecular complexity index is 796. The van der Waals surface area contributed by atoms with Crippen molar-refractivity contribution in [1.82, 2.24) is 14.9 Å². The monoisotopic (exact) mass is 322 g/mol. The van der Waals surface area contributed by atoms with E-state index in [1.54, 1.807) is 0 Å². The van der Waals surface area contributed by atoms with E-state index in [9.17, 15) is 0 Å². The molecule has 0 bridgehead atoms. The van der Waals surface area contributed by atoms with Gasteiger partial charge in [0.25, 0.3) is 0 Å². The summed E-state index contributed by atoms with van der Waals surface area (Å²) in [5.74, 6) is 2.41. The van der Waals surface area contributed by atoms with Crippen molar-refractivity contribution >= 4 is 16.9 Å². The molecule has 1 aromatic carbocycles. The van der Waals surface area contributed by atoms with Crippen LogP contribution < -0.4 is 5.32 Å². The largest absolute Gasteiger partial charge is 0.439 e. The Morgan fingerprint density at radius 1 is 1.17 bits per heavy atom. The third kappa shape index (κ3) is 3.41. The van der Waals surface area contributed by atoms with Gasteiger partial charge in [-0.25, -0.2) is 9.97 Å². The average molecular weight is 322 g/mol. The van der Waals surface area contributed by atoms with E-state index >= 15 is 0 Å². The first-order chi connectivity index (χ1) is 11.8. The highest BCUT2D eigenvalue weighted by molar-refractivity contribution is 5.72. The minimum absolute atomic E-state index is 0.636. The molecule has 5 nitrogen and oxygen atoms in total. The van der Waals surface area contributed by atoms with Crippen LogP contribution in [0, 0.1) is 12.8 Å². The third-order valence-corrected chi connectivity index (χ3v) is 4.53. The number of anilines is 1. The SMILES string of the molecule is Cc1cccc(NCC2CCN(Cc3nc4ccccc4o3)C2)n1. The first-order valence-corrected chi connectivity index (χ1v) is 8.50. The fraction of sp³-hybridized carbons (Fsp3) is 0.368. The number of rotatable bonds is 5. The molecule has 1 aliphatic heterocycles. The van der Waals surface area contributed by atoms with Gasteiger partial charge in [0.15, 0.2) is 5.58 Å². The predicted molar refractivity (Wildman–Crippen MR) is 94.9 cm³/mol. The minimum Gasteiger partial charge on any atom is -0.439 e. The van der Waals surface area contributed by atoms with Crippen LogP contribution in [0.4, 0.5) is 5.82 Å². The van der Waals surface area contributed by atoms with Gasteiger partial charge in [-0.2, -0.15) is 0 Å². The number of aryl methyl sites for hydroxylation is 1. The molecule has 5 heteroatoms. The van der Waals surface area contributed by atoms with Gasteiger partial charge in [-0.3, -0.25) is 4.90 Å². The quantitative estimate of drug-likeness (QED) is 0.779. The molecule has 0 radical (unpaired) electrons. The van der Waals surface area contributed by atoms with Crippen molar-refractivity contribution in [3.8, 4) is 0 Å². The molecular weight excluding hydrogens is 300 g/mol. The zero-order valence-corrected chi connectivity index (χ0v) is 13.9. The number of fused-ring (bicyclic) bond motifs is 1. The number of nitrogens with one attached hydrogen (secondary N) is 1. The van der Waals surface area contributed by atoms with Gasteiger partial charge in [-0.05, 0) is 50.1 Å². The Kier molecular flexibility index (Phi) is 4.17. The van der Waals surface area contributed by atoms with Crippen LogP contribution in [0.25, 0.3) is 11.1 Å². The van der Waals surface area contributed by atoms with Crippen LogP contribution >= 0.6 is 0 Å². The fourth-order valence-corrected chi connectivity index (χ4v) is 3.29. The van der Waals surface area contributed by atoms with Crippen molar-refractivity contribution in [2.24, 2.45) is 5.92 Å². The van der Waals surface area contributed by atoms with Crippen LogP contribution in [0.15, 0.2) is 46.9 Å². The second-order valence-electron chi connectivity index (χ2n) is 6.51. The Morgan fingerprint density at radius 3 is 2.96 bits per heavy atom. The molecule has 0 aliphatic carbocycles.